The molecule has 1 aliphatic heterocycles. The van der Waals surface area contributed by atoms with Gasteiger partial charge in [-0.15, -0.1) is 0 Å². The van der Waals surface area contributed by atoms with Gasteiger partial charge in [-0.2, -0.15) is 0 Å². The Hall–Kier alpha value is -4.60. The van der Waals surface area contributed by atoms with Crippen molar-refractivity contribution in [1.82, 2.24) is 9.47 Å². The zero-order valence-electron chi connectivity index (χ0n) is 20.6. The minimum atomic E-state index is -0.754. The van der Waals surface area contributed by atoms with Gasteiger partial charge in [0, 0.05) is 37.1 Å². The lowest BCUT2D eigenvalue weighted by Gasteiger charge is -2.36. The van der Waals surface area contributed by atoms with Crippen molar-refractivity contribution in [2.24, 2.45) is 0 Å². The average Bonchev–Trinajstić information content (AvgIpc) is 2.91. The number of aromatic nitrogens is 1. The molecule has 2 heterocycles. The standard InChI is InChI=1S/C28H24F2N4O4/c1-18-2-11-24-23(16-18)25(26(34(37)38)28(36)33(24)17-19-3-7-21(29)8-4-19)31-12-14-32(15-13-31)27(35)20-5-9-22(30)10-6-20/h2-11,16H,12-15,17H2,1H3. The van der Waals surface area contributed by atoms with Crippen molar-refractivity contribution in [2.75, 3.05) is 31.1 Å². The predicted octanol–water partition coefficient (Wildman–Crippen LogP) is 4.51. The normalized spacial score (nSPS) is 13.7. The third kappa shape index (κ3) is 4.72. The lowest BCUT2D eigenvalue weighted by Crippen LogP contribution is -2.49. The molecule has 0 unspecified atom stereocenters. The topological polar surface area (TPSA) is 88.7 Å². The molecule has 194 valence electrons. The number of carbonyl (C=O) groups excluding carboxylic acids is 1. The van der Waals surface area contributed by atoms with E-state index in [1.807, 2.05) is 19.1 Å². The SMILES string of the molecule is Cc1ccc2c(c1)c(N1CCN(C(=O)c3ccc(F)cc3)CC1)c([N+](=O)[O-])c(=O)n2Cc1ccc(F)cc1. The maximum Gasteiger partial charge on any atom is 0.357 e. The van der Waals surface area contributed by atoms with E-state index in [4.69, 9.17) is 0 Å². The molecule has 0 saturated carbocycles. The Balaban J connectivity index is 1.54. The first kappa shape index (κ1) is 25.1. The van der Waals surface area contributed by atoms with Crippen molar-refractivity contribution in [3.05, 3.63) is 116 Å². The van der Waals surface area contributed by atoms with Gasteiger partial charge in [0.25, 0.3) is 5.91 Å². The van der Waals surface area contributed by atoms with Crippen molar-refractivity contribution in [3.63, 3.8) is 0 Å². The Labute approximate surface area is 216 Å². The van der Waals surface area contributed by atoms with E-state index in [0.717, 1.165) is 5.56 Å². The Kier molecular flexibility index (Phi) is 6.62. The second kappa shape index (κ2) is 10.0. The zero-order chi connectivity index (χ0) is 27.0. The van der Waals surface area contributed by atoms with Gasteiger partial charge in [0.2, 0.25) is 0 Å². The summed E-state index contributed by atoms with van der Waals surface area (Å²) >= 11 is 0. The molecule has 3 aromatic carbocycles. The highest BCUT2D eigenvalue weighted by Crippen LogP contribution is 2.35. The van der Waals surface area contributed by atoms with Crippen molar-refractivity contribution in [2.45, 2.75) is 13.5 Å². The first-order chi connectivity index (χ1) is 18.2. The highest BCUT2D eigenvalue weighted by atomic mass is 19.1. The fourth-order valence-corrected chi connectivity index (χ4v) is 4.86. The predicted molar refractivity (Wildman–Crippen MR) is 140 cm³/mol. The summed E-state index contributed by atoms with van der Waals surface area (Å²) in [5.74, 6) is -1.11. The molecule has 1 fully saturated rings. The number of piperazine rings is 1. The van der Waals surface area contributed by atoms with Crippen LogP contribution in [0.3, 0.4) is 0 Å². The summed E-state index contributed by atoms with van der Waals surface area (Å²) in [5, 5.41) is 12.8. The second-order valence-electron chi connectivity index (χ2n) is 9.28. The van der Waals surface area contributed by atoms with E-state index in [-0.39, 0.29) is 44.3 Å². The summed E-state index contributed by atoms with van der Waals surface area (Å²) in [4.78, 5) is 41.4. The fourth-order valence-electron chi connectivity index (χ4n) is 4.86. The van der Waals surface area contributed by atoms with E-state index in [1.54, 1.807) is 28.0 Å². The second-order valence-corrected chi connectivity index (χ2v) is 9.28. The zero-order valence-corrected chi connectivity index (χ0v) is 20.6. The first-order valence-corrected chi connectivity index (χ1v) is 12.1. The minimum absolute atomic E-state index is 0.0414. The van der Waals surface area contributed by atoms with Crippen LogP contribution >= 0.6 is 0 Å². The molecule has 10 heteroatoms. The molecule has 0 bridgehead atoms. The number of halogens is 2. The number of benzene rings is 3. The van der Waals surface area contributed by atoms with Crippen LogP contribution in [0, 0.1) is 28.7 Å². The number of nitro groups is 1. The minimum Gasteiger partial charge on any atom is -0.362 e. The molecule has 4 aromatic rings. The summed E-state index contributed by atoms with van der Waals surface area (Å²) in [6.45, 7) is 3.01. The lowest BCUT2D eigenvalue weighted by molar-refractivity contribution is -0.385. The summed E-state index contributed by atoms with van der Waals surface area (Å²) in [6, 6.07) is 16.3. The number of nitrogens with zero attached hydrogens (tertiary/aromatic N) is 4. The van der Waals surface area contributed by atoms with Crippen LogP contribution in [0.1, 0.15) is 21.5 Å². The molecule has 38 heavy (non-hydrogen) atoms. The van der Waals surface area contributed by atoms with Gasteiger partial charge in [-0.05, 0) is 61.0 Å². The number of hydrogen-bond acceptors (Lipinski definition) is 5. The Morgan fingerprint density at radius 2 is 1.53 bits per heavy atom. The number of pyridine rings is 1. The van der Waals surface area contributed by atoms with Gasteiger partial charge < -0.3 is 9.80 Å². The molecule has 8 nitrogen and oxygen atoms in total. The van der Waals surface area contributed by atoms with E-state index in [9.17, 15) is 28.5 Å². The van der Waals surface area contributed by atoms with E-state index in [1.165, 1.54) is 41.0 Å². The highest BCUT2D eigenvalue weighted by molar-refractivity contribution is 5.98. The number of aryl methyl sites for hydroxylation is 1. The van der Waals surface area contributed by atoms with Crippen LogP contribution in [0.2, 0.25) is 0 Å². The van der Waals surface area contributed by atoms with E-state index in [2.05, 4.69) is 0 Å². The van der Waals surface area contributed by atoms with E-state index < -0.39 is 27.8 Å². The van der Waals surface area contributed by atoms with Crippen LogP contribution in [-0.2, 0) is 6.54 Å². The van der Waals surface area contributed by atoms with Gasteiger partial charge in [-0.1, -0.05) is 23.8 Å². The molecule has 0 spiro atoms. The van der Waals surface area contributed by atoms with Gasteiger partial charge in [0.05, 0.1) is 17.0 Å². The van der Waals surface area contributed by atoms with Crippen molar-refractivity contribution < 1.29 is 18.5 Å². The first-order valence-electron chi connectivity index (χ1n) is 12.1. The number of fused-ring (bicyclic) bond motifs is 1. The fraction of sp³-hybridized carbons (Fsp3) is 0.214. The average molecular weight is 519 g/mol. The number of anilines is 1. The monoisotopic (exact) mass is 518 g/mol. The summed E-state index contributed by atoms with van der Waals surface area (Å²) in [6.07, 6.45) is 0. The number of amides is 1. The third-order valence-corrected chi connectivity index (χ3v) is 6.78. The Bertz CT molecular complexity index is 1590. The summed E-state index contributed by atoms with van der Waals surface area (Å²) in [5.41, 5.74) is 1.31. The highest BCUT2D eigenvalue weighted by Gasteiger charge is 2.32. The molecular formula is C28H24F2N4O4. The molecule has 0 radical (unpaired) electrons. The van der Waals surface area contributed by atoms with Crippen molar-refractivity contribution in [1.29, 1.82) is 0 Å². The van der Waals surface area contributed by atoms with Gasteiger partial charge in [0.1, 0.15) is 17.3 Å². The Morgan fingerprint density at radius 1 is 0.921 bits per heavy atom. The van der Waals surface area contributed by atoms with Gasteiger partial charge in [-0.25, -0.2) is 8.78 Å². The number of hydrogen-bond donors (Lipinski definition) is 0. The molecule has 1 aliphatic rings. The van der Waals surface area contributed by atoms with Crippen LogP contribution in [-0.4, -0.2) is 46.5 Å². The molecule has 1 saturated heterocycles. The largest absolute Gasteiger partial charge is 0.362 e. The molecule has 1 amide bonds. The van der Waals surface area contributed by atoms with E-state index in [0.29, 0.717) is 22.0 Å². The Morgan fingerprint density at radius 3 is 2.13 bits per heavy atom. The van der Waals surface area contributed by atoms with Gasteiger partial charge in [-0.3, -0.25) is 24.3 Å². The van der Waals surface area contributed by atoms with Gasteiger partial charge >= 0.3 is 11.2 Å². The maximum atomic E-state index is 13.6. The van der Waals surface area contributed by atoms with Crippen molar-refractivity contribution in [3.8, 4) is 0 Å². The van der Waals surface area contributed by atoms with Crippen molar-refractivity contribution >= 4 is 28.2 Å². The quantitative estimate of drug-likeness (QED) is 0.287. The summed E-state index contributed by atoms with van der Waals surface area (Å²) < 4.78 is 28.0. The molecule has 0 aliphatic carbocycles. The smallest absolute Gasteiger partial charge is 0.357 e. The van der Waals surface area contributed by atoms with Crippen LogP contribution < -0.4 is 10.5 Å². The van der Waals surface area contributed by atoms with E-state index >= 15 is 0 Å². The maximum absolute atomic E-state index is 13.6. The summed E-state index contributed by atoms with van der Waals surface area (Å²) in [7, 11) is 0. The third-order valence-electron chi connectivity index (χ3n) is 6.78. The molecular weight excluding hydrogens is 494 g/mol. The molecule has 0 atom stereocenters. The van der Waals surface area contributed by atoms with Crippen LogP contribution in [0.15, 0.2) is 71.5 Å². The number of rotatable bonds is 5. The van der Waals surface area contributed by atoms with Crippen LogP contribution in [0.5, 0.6) is 0 Å². The van der Waals surface area contributed by atoms with Crippen LogP contribution in [0.4, 0.5) is 20.2 Å². The molecule has 1 aromatic heterocycles. The van der Waals surface area contributed by atoms with Gasteiger partial charge in [0.15, 0.2) is 0 Å². The molecule has 5 rings (SSSR count). The number of carbonyl (C=O) groups is 1. The lowest BCUT2D eigenvalue weighted by atomic mass is 10.1. The van der Waals surface area contributed by atoms with Crippen LogP contribution in [0.25, 0.3) is 10.9 Å². The molecule has 0 N–H and O–H groups in total.